The van der Waals surface area contributed by atoms with Crippen LogP contribution in [0.3, 0.4) is 0 Å². The highest BCUT2D eigenvalue weighted by Crippen LogP contribution is 1.95. The minimum absolute atomic E-state index is 0.615. The van der Waals surface area contributed by atoms with E-state index in [9.17, 15) is 4.79 Å². The number of amides is 1. The number of hydrogen-bond acceptors (Lipinski definition) is 3. The number of hydrogen-bond donors (Lipinski definition) is 3. The fourth-order valence-corrected chi connectivity index (χ4v) is 1.37. The van der Waals surface area contributed by atoms with Crippen molar-refractivity contribution in [2.24, 2.45) is 5.73 Å². The number of carbonyl (C=O) groups excluding carboxylic acids is 1. The maximum atomic E-state index is 9.87. The lowest BCUT2D eigenvalue weighted by Crippen LogP contribution is -2.09. The highest BCUT2D eigenvalue weighted by molar-refractivity contribution is 5.46. The van der Waals surface area contributed by atoms with Crippen LogP contribution in [-0.4, -0.2) is 18.6 Å². The van der Waals surface area contributed by atoms with Gasteiger partial charge in [-0.2, -0.15) is 0 Å². The van der Waals surface area contributed by atoms with Gasteiger partial charge in [0.15, 0.2) is 0 Å². The fraction of sp³-hybridized carbons (Fsp3) is 0.188. The predicted octanol–water partition coefficient (Wildman–Crippen LogP) is 1.69. The highest BCUT2D eigenvalue weighted by atomic mass is 16.2. The average Bonchev–Trinajstić information content (AvgIpc) is 2.57. The van der Waals surface area contributed by atoms with Crippen molar-refractivity contribution in [1.82, 2.24) is 5.32 Å². The fourth-order valence-electron chi connectivity index (χ4n) is 1.37. The Labute approximate surface area is 120 Å². The molecule has 0 spiro atoms. The SMILES string of the molecule is CO.NCc1ccccc1.O=CNCc1ccccc1. The smallest absolute Gasteiger partial charge is 0.207 e. The van der Waals surface area contributed by atoms with Gasteiger partial charge in [-0.1, -0.05) is 60.7 Å². The maximum Gasteiger partial charge on any atom is 0.207 e. The number of carbonyl (C=O) groups is 1. The van der Waals surface area contributed by atoms with E-state index in [1.165, 1.54) is 5.56 Å². The van der Waals surface area contributed by atoms with Gasteiger partial charge >= 0.3 is 0 Å². The molecule has 108 valence electrons. The van der Waals surface area contributed by atoms with Gasteiger partial charge in [-0.05, 0) is 11.1 Å². The molecule has 0 aromatic heterocycles. The summed E-state index contributed by atoms with van der Waals surface area (Å²) in [4.78, 5) is 9.87. The molecule has 0 saturated heterocycles. The van der Waals surface area contributed by atoms with E-state index >= 15 is 0 Å². The second kappa shape index (κ2) is 13.3. The van der Waals surface area contributed by atoms with Crippen molar-refractivity contribution < 1.29 is 9.90 Å². The first-order valence-corrected chi connectivity index (χ1v) is 6.26. The van der Waals surface area contributed by atoms with Gasteiger partial charge in [-0.3, -0.25) is 4.79 Å². The highest BCUT2D eigenvalue weighted by Gasteiger charge is 1.85. The standard InChI is InChI=1S/C8H9NO.C7H9N.CH4O/c10-7-9-6-8-4-2-1-3-5-8;8-6-7-4-2-1-3-5-7;1-2/h1-5,7H,6H2,(H,9,10);1-5H,6,8H2;2H,1H3. The van der Waals surface area contributed by atoms with E-state index in [-0.39, 0.29) is 0 Å². The van der Waals surface area contributed by atoms with Crippen LogP contribution in [0, 0.1) is 0 Å². The Morgan fingerprint density at radius 1 is 0.950 bits per heavy atom. The topological polar surface area (TPSA) is 75.3 Å². The largest absolute Gasteiger partial charge is 0.400 e. The Balaban J connectivity index is 0.000000327. The van der Waals surface area contributed by atoms with Crippen LogP contribution in [0.1, 0.15) is 11.1 Å². The lowest BCUT2D eigenvalue weighted by atomic mass is 10.2. The van der Waals surface area contributed by atoms with Crippen molar-refractivity contribution >= 4 is 6.41 Å². The summed E-state index contributed by atoms with van der Waals surface area (Å²) >= 11 is 0. The van der Waals surface area contributed by atoms with Crippen molar-refractivity contribution in [2.45, 2.75) is 13.1 Å². The lowest BCUT2D eigenvalue weighted by Gasteiger charge is -1.96. The quantitative estimate of drug-likeness (QED) is 0.743. The summed E-state index contributed by atoms with van der Waals surface area (Å²) in [5.74, 6) is 0. The third kappa shape index (κ3) is 8.85. The van der Waals surface area contributed by atoms with Crippen molar-refractivity contribution in [3.8, 4) is 0 Å². The zero-order chi connectivity index (χ0) is 15.1. The van der Waals surface area contributed by atoms with E-state index in [0.29, 0.717) is 19.5 Å². The van der Waals surface area contributed by atoms with Crippen LogP contribution >= 0.6 is 0 Å². The third-order valence-corrected chi connectivity index (χ3v) is 2.31. The summed E-state index contributed by atoms with van der Waals surface area (Å²) in [6, 6.07) is 19.8. The molecule has 20 heavy (non-hydrogen) atoms. The molecule has 0 heterocycles. The molecule has 2 rings (SSSR count). The molecule has 1 amide bonds. The van der Waals surface area contributed by atoms with E-state index in [0.717, 1.165) is 12.7 Å². The molecule has 0 saturated carbocycles. The summed E-state index contributed by atoms with van der Waals surface area (Å²) in [6.45, 7) is 1.26. The van der Waals surface area contributed by atoms with E-state index in [1.54, 1.807) is 0 Å². The molecule has 2 aromatic rings. The number of nitrogens with two attached hydrogens (primary N) is 1. The number of rotatable bonds is 4. The minimum Gasteiger partial charge on any atom is -0.400 e. The minimum atomic E-state index is 0.615. The second-order valence-electron chi connectivity index (χ2n) is 3.67. The Morgan fingerprint density at radius 3 is 1.75 bits per heavy atom. The van der Waals surface area contributed by atoms with Crippen LogP contribution in [0.15, 0.2) is 60.7 Å². The predicted molar refractivity (Wildman–Crippen MR) is 81.8 cm³/mol. The molecule has 0 fully saturated rings. The number of benzene rings is 2. The van der Waals surface area contributed by atoms with Gasteiger partial charge < -0.3 is 16.2 Å². The first-order chi connectivity index (χ1) is 9.86. The van der Waals surface area contributed by atoms with Gasteiger partial charge in [0.2, 0.25) is 6.41 Å². The summed E-state index contributed by atoms with van der Waals surface area (Å²) in [5, 5.41) is 9.58. The van der Waals surface area contributed by atoms with Crippen LogP contribution in [0.25, 0.3) is 0 Å². The van der Waals surface area contributed by atoms with Gasteiger partial charge in [0.25, 0.3) is 0 Å². The van der Waals surface area contributed by atoms with Crippen LogP contribution < -0.4 is 11.1 Å². The first kappa shape index (κ1) is 17.8. The zero-order valence-corrected chi connectivity index (χ0v) is 11.7. The van der Waals surface area contributed by atoms with Crippen molar-refractivity contribution in [3.63, 3.8) is 0 Å². The Hall–Kier alpha value is -2.17. The number of aliphatic hydroxyl groups excluding tert-OH is 1. The molecule has 0 aliphatic rings. The molecule has 4 nitrogen and oxygen atoms in total. The Morgan fingerprint density at radius 2 is 1.40 bits per heavy atom. The molecule has 4 heteroatoms. The number of aliphatic hydroxyl groups is 1. The Bertz CT molecular complexity index is 433. The van der Waals surface area contributed by atoms with Gasteiger partial charge in [0.05, 0.1) is 0 Å². The molecular weight excluding hydrogens is 252 g/mol. The summed E-state index contributed by atoms with van der Waals surface area (Å²) in [7, 11) is 1.00. The molecule has 0 unspecified atom stereocenters. The summed E-state index contributed by atoms with van der Waals surface area (Å²) in [6.07, 6.45) is 0.701. The van der Waals surface area contributed by atoms with Gasteiger partial charge in [0, 0.05) is 20.2 Å². The monoisotopic (exact) mass is 274 g/mol. The first-order valence-electron chi connectivity index (χ1n) is 6.26. The van der Waals surface area contributed by atoms with Crippen molar-refractivity contribution in [2.75, 3.05) is 7.11 Å². The van der Waals surface area contributed by atoms with E-state index in [4.69, 9.17) is 10.8 Å². The van der Waals surface area contributed by atoms with Crippen molar-refractivity contribution in [3.05, 3.63) is 71.8 Å². The second-order valence-corrected chi connectivity index (χ2v) is 3.67. The van der Waals surface area contributed by atoms with Gasteiger partial charge in [0.1, 0.15) is 0 Å². The zero-order valence-electron chi connectivity index (χ0n) is 11.7. The van der Waals surface area contributed by atoms with E-state index in [2.05, 4.69) is 5.32 Å². The molecule has 0 aliphatic carbocycles. The van der Waals surface area contributed by atoms with Gasteiger partial charge in [-0.25, -0.2) is 0 Å². The maximum absolute atomic E-state index is 9.87. The third-order valence-electron chi connectivity index (χ3n) is 2.31. The van der Waals surface area contributed by atoms with Crippen LogP contribution in [0.4, 0.5) is 0 Å². The Kier molecular flexibility index (Phi) is 11.8. The normalized spacial score (nSPS) is 8.35. The molecule has 4 N–H and O–H groups in total. The van der Waals surface area contributed by atoms with Gasteiger partial charge in [-0.15, -0.1) is 0 Å². The average molecular weight is 274 g/mol. The summed E-state index contributed by atoms with van der Waals surface area (Å²) in [5.41, 5.74) is 7.66. The molecule has 2 aromatic carbocycles. The molecule has 0 bridgehead atoms. The molecule has 0 atom stereocenters. The van der Waals surface area contributed by atoms with E-state index in [1.807, 2.05) is 60.7 Å². The number of nitrogens with one attached hydrogen (secondary N) is 1. The molecular formula is C16H22N2O2. The van der Waals surface area contributed by atoms with Crippen LogP contribution in [0.2, 0.25) is 0 Å². The van der Waals surface area contributed by atoms with Crippen molar-refractivity contribution in [1.29, 1.82) is 0 Å². The summed E-state index contributed by atoms with van der Waals surface area (Å²) < 4.78 is 0. The van der Waals surface area contributed by atoms with E-state index < -0.39 is 0 Å². The molecule has 0 radical (unpaired) electrons. The lowest BCUT2D eigenvalue weighted by molar-refractivity contribution is -0.109. The van der Waals surface area contributed by atoms with Crippen LogP contribution in [-0.2, 0) is 17.9 Å². The molecule has 0 aliphatic heterocycles. The van der Waals surface area contributed by atoms with Crippen LogP contribution in [0.5, 0.6) is 0 Å².